The summed E-state index contributed by atoms with van der Waals surface area (Å²) in [5, 5.41) is 1.12. The molecule has 0 aliphatic rings. The molecule has 0 heterocycles. The zero-order valence-electron chi connectivity index (χ0n) is 9.84. The third-order valence-electron chi connectivity index (χ3n) is 2.82. The van der Waals surface area contributed by atoms with Gasteiger partial charge in [-0.25, -0.2) is 4.39 Å². The van der Waals surface area contributed by atoms with Crippen molar-refractivity contribution in [3.05, 3.63) is 67.9 Å². The van der Waals surface area contributed by atoms with Gasteiger partial charge < -0.3 is 5.73 Å². The molecule has 2 N–H and O–H groups in total. The van der Waals surface area contributed by atoms with E-state index < -0.39 is 0 Å². The minimum absolute atomic E-state index is 0.298. The van der Waals surface area contributed by atoms with Gasteiger partial charge in [0, 0.05) is 15.5 Å². The van der Waals surface area contributed by atoms with Crippen molar-refractivity contribution in [2.75, 3.05) is 0 Å². The summed E-state index contributed by atoms with van der Waals surface area (Å²) in [6.45, 7) is 0. The molecule has 100 valence electrons. The minimum Gasteiger partial charge on any atom is -0.324 e. The zero-order chi connectivity index (χ0) is 14.0. The van der Waals surface area contributed by atoms with Crippen LogP contribution in [-0.4, -0.2) is 0 Å². The summed E-state index contributed by atoms with van der Waals surface area (Å²) in [5.41, 5.74) is 7.48. The molecule has 0 saturated heterocycles. The van der Waals surface area contributed by atoms with E-state index >= 15 is 0 Å². The van der Waals surface area contributed by atoms with Crippen molar-refractivity contribution in [2.24, 2.45) is 5.73 Å². The van der Waals surface area contributed by atoms with Crippen molar-refractivity contribution in [1.29, 1.82) is 0 Å². The molecule has 0 fully saturated rings. The fourth-order valence-electron chi connectivity index (χ4n) is 1.80. The Bertz CT molecular complexity index is 604. The number of hydrogen-bond donors (Lipinski definition) is 1. The van der Waals surface area contributed by atoms with Gasteiger partial charge in [0.15, 0.2) is 0 Å². The molecule has 0 saturated carbocycles. The molecule has 0 aliphatic carbocycles. The summed E-state index contributed by atoms with van der Waals surface area (Å²) in [5.74, 6) is -0.298. The number of hydrogen-bond acceptors (Lipinski definition) is 1. The van der Waals surface area contributed by atoms with Crippen LogP contribution in [0.2, 0.25) is 10.0 Å². The van der Waals surface area contributed by atoms with Gasteiger partial charge in [-0.3, -0.25) is 0 Å². The third kappa shape index (κ3) is 3.69. The summed E-state index contributed by atoms with van der Waals surface area (Å²) in [4.78, 5) is 0. The highest BCUT2D eigenvalue weighted by Crippen LogP contribution is 2.27. The number of rotatable bonds is 3. The average molecular weight is 363 g/mol. The van der Waals surface area contributed by atoms with Crippen LogP contribution in [0.5, 0.6) is 0 Å². The van der Waals surface area contributed by atoms with Crippen LogP contribution >= 0.6 is 39.1 Å². The predicted octanol–water partition coefficient (Wildman–Crippen LogP) is 5.14. The molecule has 2 rings (SSSR count). The molecule has 0 bridgehead atoms. The van der Waals surface area contributed by atoms with E-state index in [0.717, 1.165) is 10.0 Å². The van der Waals surface area contributed by atoms with Crippen LogP contribution in [0.25, 0.3) is 0 Å². The van der Waals surface area contributed by atoms with Crippen LogP contribution in [-0.2, 0) is 6.42 Å². The molecule has 0 aliphatic heterocycles. The van der Waals surface area contributed by atoms with Crippen molar-refractivity contribution in [1.82, 2.24) is 0 Å². The van der Waals surface area contributed by atoms with Crippen LogP contribution in [0.15, 0.2) is 40.9 Å². The van der Waals surface area contributed by atoms with Gasteiger partial charge >= 0.3 is 0 Å². The Morgan fingerprint density at radius 2 is 1.89 bits per heavy atom. The van der Waals surface area contributed by atoms with Crippen molar-refractivity contribution in [3.8, 4) is 0 Å². The number of halogens is 4. The highest BCUT2D eigenvalue weighted by Gasteiger charge is 2.12. The van der Waals surface area contributed by atoms with E-state index in [1.165, 1.54) is 12.1 Å². The van der Waals surface area contributed by atoms with Crippen LogP contribution in [0.1, 0.15) is 17.2 Å². The predicted molar refractivity (Wildman–Crippen MR) is 81.2 cm³/mol. The van der Waals surface area contributed by atoms with E-state index in [4.69, 9.17) is 28.9 Å². The van der Waals surface area contributed by atoms with Crippen molar-refractivity contribution >= 4 is 39.1 Å². The van der Waals surface area contributed by atoms with E-state index in [-0.39, 0.29) is 11.9 Å². The molecular formula is C14H11BrCl2FN. The lowest BCUT2D eigenvalue weighted by Crippen LogP contribution is -2.14. The Hall–Kier alpha value is -0.610. The first-order chi connectivity index (χ1) is 8.97. The molecule has 0 radical (unpaired) electrons. The van der Waals surface area contributed by atoms with E-state index in [0.29, 0.717) is 22.0 Å². The van der Waals surface area contributed by atoms with Gasteiger partial charge in [-0.05, 0) is 63.8 Å². The van der Waals surface area contributed by atoms with Gasteiger partial charge in [-0.1, -0.05) is 29.3 Å². The smallest absolute Gasteiger partial charge is 0.126 e. The molecule has 1 atom stereocenters. The molecule has 0 spiro atoms. The third-order valence-corrected chi connectivity index (χ3v) is 4.27. The van der Waals surface area contributed by atoms with E-state index in [9.17, 15) is 4.39 Å². The number of benzene rings is 2. The normalized spacial score (nSPS) is 12.5. The Morgan fingerprint density at radius 3 is 2.58 bits per heavy atom. The monoisotopic (exact) mass is 361 g/mol. The standard InChI is InChI=1S/C14H11BrCl2FN/c15-11-6-8(1-3-12(11)17)14(19)7-9-5-10(16)2-4-13(9)18/h1-6,14H,7,19H2. The molecule has 2 aromatic rings. The molecule has 0 aromatic heterocycles. The molecule has 19 heavy (non-hydrogen) atoms. The van der Waals surface area contributed by atoms with Gasteiger partial charge in [0.1, 0.15) is 5.82 Å². The summed E-state index contributed by atoms with van der Waals surface area (Å²) in [6, 6.07) is 9.58. The first-order valence-corrected chi connectivity index (χ1v) is 7.16. The molecule has 5 heteroatoms. The second kappa shape index (κ2) is 6.23. The highest BCUT2D eigenvalue weighted by molar-refractivity contribution is 9.10. The second-order valence-electron chi connectivity index (χ2n) is 4.22. The molecular weight excluding hydrogens is 352 g/mol. The molecule has 0 amide bonds. The van der Waals surface area contributed by atoms with E-state index in [2.05, 4.69) is 15.9 Å². The van der Waals surface area contributed by atoms with Gasteiger partial charge in [0.05, 0.1) is 5.02 Å². The lowest BCUT2D eigenvalue weighted by Gasteiger charge is -2.14. The van der Waals surface area contributed by atoms with Crippen molar-refractivity contribution in [2.45, 2.75) is 12.5 Å². The van der Waals surface area contributed by atoms with Gasteiger partial charge in [0.2, 0.25) is 0 Å². The Morgan fingerprint density at radius 1 is 1.16 bits per heavy atom. The quantitative estimate of drug-likeness (QED) is 0.803. The first-order valence-electron chi connectivity index (χ1n) is 5.62. The largest absolute Gasteiger partial charge is 0.324 e. The molecule has 1 unspecified atom stereocenters. The summed E-state index contributed by atoms with van der Waals surface area (Å²) in [7, 11) is 0. The van der Waals surface area contributed by atoms with E-state index in [1.54, 1.807) is 12.1 Å². The van der Waals surface area contributed by atoms with Crippen molar-refractivity contribution in [3.63, 3.8) is 0 Å². The van der Waals surface area contributed by atoms with Gasteiger partial charge in [-0.2, -0.15) is 0 Å². The van der Waals surface area contributed by atoms with Crippen LogP contribution < -0.4 is 5.73 Å². The highest BCUT2D eigenvalue weighted by atomic mass is 79.9. The maximum atomic E-state index is 13.6. The Labute approximate surface area is 129 Å². The van der Waals surface area contributed by atoms with Crippen LogP contribution in [0.3, 0.4) is 0 Å². The average Bonchev–Trinajstić information content (AvgIpc) is 2.37. The van der Waals surface area contributed by atoms with Gasteiger partial charge in [-0.15, -0.1) is 0 Å². The molecule has 1 nitrogen and oxygen atoms in total. The maximum absolute atomic E-state index is 13.6. The topological polar surface area (TPSA) is 26.0 Å². The van der Waals surface area contributed by atoms with Gasteiger partial charge in [0.25, 0.3) is 0 Å². The number of nitrogens with two attached hydrogens (primary N) is 1. The SMILES string of the molecule is NC(Cc1cc(Cl)ccc1F)c1ccc(Cl)c(Br)c1. The minimum atomic E-state index is -0.318. The Balaban J connectivity index is 2.22. The lowest BCUT2D eigenvalue weighted by atomic mass is 9.99. The van der Waals surface area contributed by atoms with Crippen LogP contribution in [0.4, 0.5) is 4.39 Å². The summed E-state index contributed by atoms with van der Waals surface area (Å²) >= 11 is 15.1. The summed E-state index contributed by atoms with van der Waals surface area (Å²) in [6.07, 6.45) is 0.375. The maximum Gasteiger partial charge on any atom is 0.126 e. The van der Waals surface area contributed by atoms with Crippen molar-refractivity contribution < 1.29 is 4.39 Å². The second-order valence-corrected chi connectivity index (χ2v) is 5.92. The zero-order valence-corrected chi connectivity index (χ0v) is 12.9. The summed E-state index contributed by atoms with van der Waals surface area (Å²) < 4.78 is 14.4. The lowest BCUT2D eigenvalue weighted by molar-refractivity contribution is 0.593. The fourth-order valence-corrected chi connectivity index (χ4v) is 2.51. The first kappa shape index (κ1) is 14.8. The fraction of sp³-hybridized carbons (Fsp3) is 0.143. The Kier molecular flexibility index (Phi) is 4.85. The molecule has 2 aromatic carbocycles. The van der Waals surface area contributed by atoms with E-state index in [1.807, 2.05) is 12.1 Å². The van der Waals surface area contributed by atoms with Crippen LogP contribution in [0, 0.1) is 5.82 Å².